The fourth-order valence-electron chi connectivity index (χ4n) is 3.87. The second-order valence-corrected chi connectivity index (χ2v) is 7.87. The second-order valence-electron chi connectivity index (χ2n) is 7.87. The van der Waals surface area contributed by atoms with Gasteiger partial charge in [0.2, 0.25) is 0 Å². The average Bonchev–Trinajstić information content (AvgIpc) is 3.04. The molecule has 9 heteroatoms. The van der Waals surface area contributed by atoms with Crippen LogP contribution in [-0.2, 0) is 14.2 Å². The summed E-state index contributed by atoms with van der Waals surface area (Å²) in [4.78, 5) is 42.1. The molecule has 170 valence electrons. The van der Waals surface area contributed by atoms with Gasteiger partial charge in [0.1, 0.15) is 5.82 Å². The first-order chi connectivity index (χ1) is 15.8. The quantitative estimate of drug-likeness (QED) is 0.590. The van der Waals surface area contributed by atoms with Gasteiger partial charge in [-0.2, -0.15) is 4.98 Å². The number of hydrogen-bond donors (Lipinski definition) is 1. The molecule has 0 aliphatic carbocycles. The fraction of sp³-hybridized carbons (Fsp3) is 0.250. The van der Waals surface area contributed by atoms with Crippen LogP contribution in [0.1, 0.15) is 40.8 Å². The van der Waals surface area contributed by atoms with Crippen LogP contribution in [0.2, 0.25) is 0 Å². The molecular formula is C24H23N3O6. The minimum absolute atomic E-state index is 0.0392. The molecule has 0 saturated carbocycles. The number of ether oxygens (including phenoxy) is 3. The number of benzene rings is 2. The van der Waals surface area contributed by atoms with Crippen LogP contribution in [0.25, 0.3) is 0 Å². The molecule has 4 rings (SSSR count). The summed E-state index contributed by atoms with van der Waals surface area (Å²) in [6.45, 7) is 3.24. The molecule has 1 aromatic heterocycles. The lowest BCUT2D eigenvalue weighted by Gasteiger charge is -2.34. The fourth-order valence-corrected chi connectivity index (χ4v) is 3.87. The summed E-state index contributed by atoms with van der Waals surface area (Å²) >= 11 is 0. The van der Waals surface area contributed by atoms with E-state index < -0.39 is 41.7 Å². The summed E-state index contributed by atoms with van der Waals surface area (Å²) in [5.41, 5.74) is 4.00. The number of nitrogens with two attached hydrogens (primary N) is 1. The van der Waals surface area contributed by atoms with Crippen molar-refractivity contribution in [3.05, 3.63) is 94.5 Å². The van der Waals surface area contributed by atoms with E-state index >= 15 is 0 Å². The number of carbonyl (C=O) groups is 2. The van der Waals surface area contributed by atoms with Crippen molar-refractivity contribution in [2.24, 2.45) is 0 Å². The molecule has 2 aromatic carbocycles. The number of esters is 2. The molecule has 9 nitrogen and oxygen atoms in total. The van der Waals surface area contributed by atoms with Crippen LogP contribution < -0.4 is 11.4 Å². The number of anilines is 1. The van der Waals surface area contributed by atoms with E-state index in [0.717, 1.165) is 0 Å². The minimum atomic E-state index is -1.56. The standard InChI is InChI=1S/C24H23N3O6/c1-15-19(32-20(28)16-9-5-3-6-10-16)24(2,33-21(29)17-11-7-4-8-12-17)22(31-15)27-14-13-18(25)26-23(27)30/h3-15,19,22H,1-2H3,(H2,25,26,30)/t15-,19?,22-,24?/m1/s1. The Balaban J connectivity index is 1.73. The van der Waals surface area contributed by atoms with Gasteiger partial charge in [0, 0.05) is 6.20 Å². The first-order valence-electron chi connectivity index (χ1n) is 10.3. The maximum Gasteiger partial charge on any atom is 0.351 e. The van der Waals surface area contributed by atoms with Gasteiger partial charge in [0.15, 0.2) is 17.9 Å². The van der Waals surface area contributed by atoms with Crippen LogP contribution in [-0.4, -0.2) is 39.3 Å². The van der Waals surface area contributed by atoms with Crippen LogP contribution in [0.5, 0.6) is 0 Å². The van der Waals surface area contributed by atoms with Crippen molar-refractivity contribution >= 4 is 17.8 Å². The number of nitrogens with zero attached hydrogens (tertiary/aromatic N) is 2. The van der Waals surface area contributed by atoms with Gasteiger partial charge < -0.3 is 19.9 Å². The summed E-state index contributed by atoms with van der Waals surface area (Å²) in [5.74, 6) is -1.23. The highest BCUT2D eigenvalue weighted by Crippen LogP contribution is 2.43. The van der Waals surface area contributed by atoms with Crippen LogP contribution >= 0.6 is 0 Å². The van der Waals surface area contributed by atoms with Crippen LogP contribution in [0, 0.1) is 0 Å². The van der Waals surface area contributed by atoms with E-state index in [0.29, 0.717) is 11.1 Å². The summed E-state index contributed by atoms with van der Waals surface area (Å²) in [7, 11) is 0. The third-order valence-electron chi connectivity index (χ3n) is 5.49. The third kappa shape index (κ3) is 4.35. The molecule has 3 aromatic rings. The maximum absolute atomic E-state index is 13.0. The van der Waals surface area contributed by atoms with E-state index in [1.54, 1.807) is 74.5 Å². The molecule has 4 atom stereocenters. The van der Waals surface area contributed by atoms with Crippen LogP contribution in [0.3, 0.4) is 0 Å². The molecule has 1 aliphatic rings. The number of hydrogen-bond acceptors (Lipinski definition) is 8. The minimum Gasteiger partial charge on any atom is -0.452 e. The molecule has 2 heterocycles. The van der Waals surface area contributed by atoms with Crippen LogP contribution in [0.15, 0.2) is 77.7 Å². The summed E-state index contributed by atoms with van der Waals surface area (Å²) in [6, 6.07) is 18.2. The zero-order valence-corrected chi connectivity index (χ0v) is 18.1. The lowest BCUT2D eigenvalue weighted by atomic mass is 9.95. The van der Waals surface area contributed by atoms with Crippen molar-refractivity contribution in [3.63, 3.8) is 0 Å². The number of nitrogen functional groups attached to an aromatic ring is 1. The normalized spacial score (nSPS) is 24.2. The van der Waals surface area contributed by atoms with Crippen molar-refractivity contribution in [3.8, 4) is 0 Å². The van der Waals surface area contributed by atoms with Gasteiger partial charge in [0.05, 0.1) is 17.2 Å². The third-order valence-corrected chi connectivity index (χ3v) is 5.49. The zero-order chi connectivity index (χ0) is 23.6. The molecule has 2 N–H and O–H groups in total. The molecular weight excluding hydrogens is 426 g/mol. The SMILES string of the molecule is C[C@H]1O[C@@H](n2ccc(N)nc2=O)C(C)(OC(=O)c2ccccc2)C1OC(=O)c1ccccc1. The molecule has 2 unspecified atom stereocenters. The monoisotopic (exact) mass is 449 g/mol. The molecule has 0 amide bonds. The Labute approximate surface area is 189 Å². The van der Waals surface area contributed by atoms with Gasteiger partial charge in [-0.3, -0.25) is 4.57 Å². The zero-order valence-electron chi connectivity index (χ0n) is 18.1. The Morgan fingerprint density at radius 2 is 1.58 bits per heavy atom. The number of aromatic nitrogens is 2. The van der Waals surface area contributed by atoms with Crippen molar-refractivity contribution in [2.45, 2.75) is 37.9 Å². The van der Waals surface area contributed by atoms with Gasteiger partial charge in [-0.1, -0.05) is 36.4 Å². The predicted octanol–water partition coefficient (Wildman–Crippen LogP) is 2.58. The first kappa shape index (κ1) is 22.2. The van der Waals surface area contributed by atoms with Crippen molar-refractivity contribution < 1.29 is 23.8 Å². The van der Waals surface area contributed by atoms with Gasteiger partial charge >= 0.3 is 17.6 Å². The average molecular weight is 449 g/mol. The predicted molar refractivity (Wildman–Crippen MR) is 118 cm³/mol. The second kappa shape index (κ2) is 8.87. The Hall–Kier alpha value is -3.98. The van der Waals surface area contributed by atoms with E-state index in [9.17, 15) is 14.4 Å². The van der Waals surface area contributed by atoms with E-state index in [4.69, 9.17) is 19.9 Å². The van der Waals surface area contributed by atoms with Crippen molar-refractivity contribution in [2.75, 3.05) is 5.73 Å². The summed E-state index contributed by atoms with van der Waals surface area (Å²) in [5, 5.41) is 0. The summed E-state index contributed by atoms with van der Waals surface area (Å²) < 4.78 is 18.8. The van der Waals surface area contributed by atoms with Gasteiger partial charge in [-0.05, 0) is 44.2 Å². The molecule has 1 aliphatic heterocycles. The lowest BCUT2D eigenvalue weighted by molar-refractivity contribution is -0.111. The molecule has 1 saturated heterocycles. The van der Waals surface area contributed by atoms with E-state index in [2.05, 4.69) is 4.98 Å². The highest BCUT2D eigenvalue weighted by molar-refractivity contribution is 5.90. The molecule has 0 radical (unpaired) electrons. The Kier molecular flexibility index (Phi) is 5.97. The van der Waals surface area contributed by atoms with Gasteiger partial charge in [0.25, 0.3) is 0 Å². The lowest BCUT2D eigenvalue weighted by Crippen LogP contribution is -2.51. The maximum atomic E-state index is 13.0. The molecule has 33 heavy (non-hydrogen) atoms. The smallest absolute Gasteiger partial charge is 0.351 e. The number of carbonyl (C=O) groups excluding carboxylic acids is 2. The van der Waals surface area contributed by atoms with Gasteiger partial charge in [-0.25, -0.2) is 14.4 Å². The van der Waals surface area contributed by atoms with Gasteiger partial charge in [-0.15, -0.1) is 0 Å². The Morgan fingerprint density at radius 1 is 1.00 bits per heavy atom. The molecule has 0 bridgehead atoms. The van der Waals surface area contributed by atoms with Crippen LogP contribution in [0.4, 0.5) is 5.82 Å². The van der Waals surface area contributed by atoms with E-state index in [1.807, 2.05) is 0 Å². The Bertz CT molecular complexity index is 1210. The highest BCUT2D eigenvalue weighted by Gasteiger charge is 2.59. The topological polar surface area (TPSA) is 123 Å². The summed E-state index contributed by atoms with van der Waals surface area (Å²) in [6.07, 6.45) is -1.44. The van der Waals surface area contributed by atoms with Crippen molar-refractivity contribution in [1.82, 2.24) is 9.55 Å². The highest BCUT2D eigenvalue weighted by atomic mass is 16.7. The largest absolute Gasteiger partial charge is 0.452 e. The first-order valence-corrected chi connectivity index (χ1v) is 10.3. The molecule has 1 fully saturated rings. The van der Waals surface area contributed by atoms with E-state index in [1.165, 1.54) is 16.8 Å². The van der Waals surface area contributed by atoms with E-state index in [-0.39, 0.29) is 5.82 Å². The molecule has 0 spiro atoms. The Morgan fingerprint density at radius 3 is 2.15 bits per heavy atom. The number of rotatable bonds is 5. The van der Waals surface area contributed by atoms with Crippen molar-refractivity contribution in [1.29, 1.82) is 0 Å².